The SMILES string of the molecule is CN(C)C(=O)n1c(=O)c2c(-c3noc(C4CC4)n3)ncn2c2ccccc21. The van der Waals surface area contributed by atoms with Crippen molar-refractivity contribution in [3.05, 3.63) is 46.8 Å². The number of carbonyl (C=O) groups is 1. The number of imidazole rings is 1. The molecule has 0 bridgehead atoms. The highest BCUT2D eigenvalue weighted by Crippen LogP contribution is 2.39. The number of hydrogen-bond acceptors (Lipinski definition) is 6. The predicted octanol–water partition coefficient (Wildman–Crippen LogP) is 2.11. The Kier molecular flexibility index (Phi) is 3.21. The standard InChI is InChI=1S/C18H16N6O3/c1-22(2)18(26)24-12-6-4-3-5-11(12)23-9-19-13(14(23)17(24)25)15-20-16(27-21-15)10-7-8-10/h3-6,9-10H,7-8H2,1-2H3. The Morgan fingerprint density at radius 2 is 1.96 bits per heavy atom. The summed E-state index contributed by atoms with van der Waals surface area (Å²) >= 11 is 0. The van der Waals surface area contributed by atoms with Gasteiger partial charge in [0.25, 0.3) is 5.56 Å². The smallest absolute Gasteiger partial charge is 0.331 e. The molecule has 1 aliphatic carbocycles. The summed E-state index contributed by atoms with van der Waals surface area (Å²) in [6.07, 6.45) is 3.60. The fourth-order valence-corrected chi connectivity index (χ4v) is 3.19. The van der Waals surface area contributed by atoms with Crippen molar-refractivity contribution in [2.75, 3.05) is 14.1 Å². The number of nitrogens with zero attached hydrogens (tertiary/aromatic N) is 6. The van der Waals surface area contributed by atoms with Crippen molar-refractivity contribution in [2.45, 2.75) is 18.8 Å². The van der Waals surface area contributed by atoms with Gasteiger partial charge in [0.05, 0.1) is 11.0 Å². The van der Waals surface area contributed by atoms with Crippen LogP contribution in [-0.2, 0) is 0 Å². The molecule has 1 saturated carbocycles. The molecule has 0 N–H and O–H groups in total. The summed E-state index contributed by atoms with van der Waals surface area (Å²) in [5.74, 6) is 1.13. The molecule has 0 saturated heterocycles. The van der Waals surface area contributed by atoms with Gasteiger partial charge in [-0.2, -0.15) is 4.98 Å². The lowest BCUT2D eigenvalue weighted by Crippen LogP contribution is -2.36. The first-order valence-corrected chi connectivity index (χ1v) is 8.62. The van der Waals surface area contributed by atoms with Gasteiger partial charge in [0, 0.05) is 20.0 Å². The maximum absolute atomic E-state index is 13.3. The molecule has 5 rings (SSSR count). The Hall–Kier alpha value is -3.49. The molecule has 9 nitrogen and oxygen atoms in total. The predicted molar refractivity (Wildman–Crippen MR) is 96.7 cm³/mol. The van der Waals surface area contributed by atoms with E-state index in [0.29, 0.717) is 28.5 Å². The van der Waals surface area contributed by atoms with E-state index in [-0.39, 0.29) is 11.3 Å². The molecule has 1 aromatic carbocycles. The molecule has 0 unspecified atom stereocenters. The molecule has 0 aliphatic heterocycles. The molecule has 0 radical (unpaired) electrons. The van der Waals surface area contributed by atoms with E-state index in [1.807, 2.05) is 12.1 Å². The topological polar surface area (TPSA) is 98.5 Å². The number of hydrogen-bond donors (Lipinski definition) is 0. The van der Waals surface area contributed by atoms with E-state index in [2.05, 4.69) is 15.1 Å². The van der Waals surface area contributed by atoms with Crippen molar-refractivity contribution < 1.29 is 9.32 Å². The third-order valence-electron chi connectivity index (χ3n) is 4.71. The van der Waals surface area contributed by atoms with Gasteiger partial charge < -0.3 is 9.42 Å². The minimum Gasteiger partial charge on any atom is -0.339 e. The Balaban J connectivity index is 1.84. The van der Waals surface area contributed by atoms with Crippen LogP contribution in [0.3, 0.4) is 0 Å². The van der Waals surface area contributed by atoms with E-state index in [1.165, 1.54) is 4.90 Å². The average molecular weight is 364 g/mol. The van der Waals surface area contributed by atoms with E-state index >= 15 is 0 Å². The Morgan fingerprint density at radius 1 is 1.22 bits per heavy atom. The second-order valence-corrected chi connectivity index (χ2v) is 6.85. The maximum Gasteiger partial charge on any atom is 0.331 e. The van der Waals surface area contributed by atoms with E-state index in [0.717, 1.165) is 17.4 Å². The van der Waals surface area contributed by atoms with Crippen LogP contribution in [-0.4, -0.2) is 49.1 Å². The monoisotopic (exact) mass is 364 g/mol. The molecule has 0 spiro atoms. The van der Waals surface area contributed by atoms with Crippen molar-refractivity contribution >= 4 is 22.6 Å². The summed E-state index contributed by atoms with van der Waals surface area (Å²) in [5, 5.41) is 4.00. The third-order valence-corrected chi connectivity index (χ3v) is 4.71. The summed E-state index contributed by atoms with van der Waals surface area (Å²) in [5.41, 5.74) is 1.27. The third kappa shape index (κ3) is 2.28. The van der Waals surface area contributed by atoms with Crippen LogP contribution in [0.25, 0.3) is 28.1 Å². The van der Waals surface area contributed by atoms with Crippen molar-refractivity contribution in [1.29, 1.82) is 0 Å². The fraction of sp³-hybridized carbons (Fsp3) is 0.278. The Morgan fingerprint density at radius 3 is 2.67 bits per heavy atom. The zero-order chi connectivity index (χ0) is 18.7. The summed E-state index contributed by atoms with van der Waals surface area (Å²) in [7, 11) is 3.21. The lowest BCUT2D eigenvalue weighted by atomic mass is 10.2. The number of rotatable bonds is 2. The number of aromatic nitrogens is 5. The van der Waals surface area contributed by atoms with Crippen molar-refractivity contribution in [1.82, 2.24) is 29.0 Å². The second kappa shape index (κ2) is 5.50. The first-order chi connectivity index (χ1) is 13.1. The lowest BCUT2D eigenvalue weighted by Gasteiger charge is -2.15. The second-order valence-electron chi connectivity index (χ2n) is 6.85. The summed E-state index contributed by atoms with van der Waals surface area (Å²) < 4.78 is 8.13. The van der Waals surface area contributed by atoms with Crippen LogP contribution in [0.2, 0.25) is 0 Å². The van der Waals surface area contributed by atoms with Crippen LogP contribution in [0.4, 0.5) is 4.79 Å². The largest absolute Gasteiger partial charge is 0.339 e. The molecule has 27 heavy (non-hydrogen) atoms. The van der Waals surface area contributed by atoms with Crippen LogP contribution < -0.4 is 5.56 Å². The molecular formula is C18H16N6O3. The molecule has 9 heteroatoms. The van der Waals surface area contributed by atoms with Gasteiger partial charge in [-0.15, -0.1) is 0 Å². The van der Waals surface area contributed by atoms with E-state index in [1.54, 1.807) is 37.0 Å². The highest BCUT2D eigenvalue weighted by molar-refractivity contribution is 5.92. The molecular weight excluding hydrogens is 348 g/mol. The van der Waals surface area contributed by atoms with E-state index < -0.39 is 11.6 Å². The van der Waals surface area contributed by atoms with E-state index in [9.17, 15) is 9.59 Å². The van der Waals surface area contributed by atoms with Crippen molar-refractivity contribution in [2.24, 2.45) is 0 Å². The van der Waals surface area contributed by atoms with Crippen LogP contribution in [0, 0.1) is 0 Å². The zero-order valence-corrected chi connectivity index (χ0v) is 14.8. The Bertz CT molecular complexity index is 1260. The van der Waals surface area contributed by atoms with Crippen molar-refractivity contribution in [3.8, 4) is 11.5 Å². The van der Waals surface area contributed by atoms with Crippen LogP contribution in [0.5, 0.6) is 0 Å². The molecule has 4 aromatic rings. The number of benzene rings is 1. The van der Waals surface area contributed by atoms with Gasteiger partial charge in [-0.05, 0) is 25.0 Å². The first-order valence-electron chi connectivity index (χ1n) is 8.62. The van der Waals surface area contributed by atoms with Crippen LogP contribution in [0.15, 0.2) is 39.9 Å². The summed E-state index contributed by atoms with van der Waals surface area (Å²) in [6.45, 7) is 0. The normalized spacial score (nSPS) is 14.1. The minimum absolute atomic E-state index is 0.243. The van der Waals surface area contributed by atoms with Gasteiger partial charge >= 0.3 is 6.03 Å². The van der Waals surface area contributed by atoms with Gasteiger partial charge in [-0.1, -0.05) is 17.3 Å². The lowest BCUT2D eigenvalue weighted by molar-refractivity contribution is 0.219. The number of carbonyl (C=O) groups excluding carboxylic acids is 1. The quantitative estimate of drug-likeness (QED) is 0.540. The maximum atomic E-state index is 13.3. The fourth-order valence-electron chi connectivity index (χ4n) is 3.19. The van der Waals surface area contributed by atoms with Crippen LogP contribution >= 0.6 is 0 Å². The van der Waals surface area contributed by atoms with Crippen LogP contribution in [0.1, 0.15) is 24.7 Å². The number of fused-ring (bicyclic) bond motifs is 3. The van der Waals surface area contributed by atoms with Gasteiger partial charge in [0.2, 0.25) is 11.7 Å². The molecule has 1 aliphatic rings. The van der Waals surface area contributed by atoms with Gasteiger partial charge in [0.15, 0.2) is 0 Å². The summed E-state index contributed by atoms with van der Waals surface area (Å²) in [4.78, 5) is 36.1. The number of amides is 1. The highest BCUT2D eigenvalue weighted by atomic mass is 16.5. The molecule has 136 valence electrons. The number of para-hydroxylation sites is 2. The van der Waals surface area contributed by atoms with Crippen molar-refractivity contribution in [3.63, 3.8) is 0 Å². The van der Waals surface area contributed by atoms with Gasteiger partial charge in [0.1, 0.15) is 17.5 Å². The van der Waals surface area contributed by atoms with E-state index in [4.69, 9.17) is 4.52 Å². The minimum atomic E-state index is -0.474. The highest BCUT2D eigenvalue weighted by Gasteiger charge is 2.31. The molecule has 1 fully saturated rings. The first kappa shape index (κ1) is 15.7. The summed E-state index contributed by atoms with van der Waals surface area (Å²) in [6, 6.07) is 6.76. The molecule has 3 aromatic heterocycles. The van der Waals surface area contributed by atoms with Gasteiger partial charge in [-0.3, -0.25) is 9.20 Å². The molecule has 0 atom stereocenters. The zero-order valence-electron chi connectivity index (χ0n) is 14.8. The molecule has 1 amide bonds. The Labute approximate surface area is 152 Å². The molecule has 3 heterocycles. The van der Waals surface area contributed by atoms with Gasteiger partial charge in [-0.25, -0.2) is 14.3 Å². The average Bonchev–Trinajstić information content (AvgIpc) is 3.23.